The number of nitrogens with two attached hydrogens (primary N) is 1. The summed E-state index contributed by atoms with van der Waals surface area (Å²) >= 11 is 4.88. The molecule has 2 atom stereocenters. The number of benzene rings is 1. The lowest BCUT2D eigenvalue weighted by molar-refractivity contribution is 0.156. The highest BCUT2D eigenvalue weighted by molar-refractivity contribution is 7.91. The lowest BCUT2D eigenvalue weighted by Crippen LogP contribution is -2.33. The lowest BCUT2D eigenvalue weighted by Gasteiger charge is -2.28. The minimum atomic E-state index is -2.98. The predicted octanol–water partition coefficient (Wildman–Crippen LogP) is 2.25. The van der Waals surface area contributed by atoms with Crippen molar-refractivity contribution in [3.05, 3.63) is 29.8 Å². The van der Waals surface area contributed by atoms with Gasteiger partial charge < -0.3 is 10.5 Å². The van der Waals surface area contributed by atoms with Gasteiger partial charge in [0.25, 0.3) is 0 Å². The molecule has 2 rings (SSSR count). The van der Waals surface area contributed by atoms with Crippen molar-refractivity contribution < 1.29 is 13.2 Å². The SMILES string of the molecule is CS(=O)(=O)C1CCCC(Oc2ccc(CC(N)=S)cc2)C1. The lowest BCUT2D eigenvalue weighted by atomic mass is 9.97. The standard InChI is InChI=1S/C15H21NO3S2/c1-21(17,18)14-4-2-3-13(10-14)19-12-7-5-11(6-8-12)9-15(16)20/h5-8,13-14H,2-4,9-10H2,1H3,(H2,16,20). The Morgan fingerprint density at radius 3 is 2.57 bits per heavy atom. The van der Waals surface area contributed by atoms with Gasteiger partial charge >= 0.3 is 0 Å². The first-order valence-corrected chi connectivity index (χ1v) is 9.43. The van der Waals surface area contributed by atoms with Crippen LogP contribution in [0.3, 0.4) is 0 Å². The topological polar surface area (TPSA) is 69.4 Å². The van der Waals surface area contributed by atoms with E-state index in [0.29, 0.717) is 17.8 Å². The predicted molar refractivity (Wildman–Crippen MR) is 88.4 cm³/mol. The first kappa shape index (κ1) is 16.2. The summed E-state index contributed by atoms with van der Waals surface area (Å²) in [5.74, 6) is 0.765. The molecule has 2 N–H and O–H groups in total. The largest absolute Gasteiger partial charge is 0.490 e. The maximum Gasteiger partial charge on any atom is 0.150 e. The highest BCUT2D eigenvalue weighted by Crippen LogP contribution is 2.27. The minimum absolute atomic E-state index is 0.0279. The van der Waals surface area contributed by atoms with Crippen LogP contribution in [0.5, 0.6) is 5.75 Å². The van der Waals surface area contributed by atoms with Crippen LogP contribution in [0.2, 0.25) is 0 Å². The highest BCUT2D eigenvalue weighted by Gasteiger charge is 2.29. The average Bonchev–Trinajstić information content (AvgIpc) is 2.40. The number of hydrogen-bond acceptors (Lipinski definition) is 4. The number of hydrogen-bond donors (Lipinski definition) is 1. The fraction of sp³-hybridized carbons (Fsp3) is 0.533. The zero-order chi connectivity index (χ0) is 15.5. The molecule has 1 aliphatic rings. The van der Waals surface area contributed by atoms with Crippen molar-refractivity contribution in [2.75, 3.05) is 6.26 Å². The highest BCUT2D eigenvalue weighted by atomic mass is 32.2. The molecule has 0 bridgehead atoms. The third kappa shape index (κ3) is 4.97. The van der Waals surface area contributed by atoms with Gasteiger partial charge in [-0.05, 0) is 37.0 Å². The van der Waals surface area contributed by atoms with Crippen LogP contribution in [0.25, 0.3) is 0 Å². The summed E-state index contributed by atoms with van der Waals surface area (Å²) in [5, 5.41) is -0.273. The Morgan fingerprint density at radius 1 is 1.33 bits per heavy atom. The quantitative estimate of drug-likeness (QED) is 0.840. The molecular weight excluding hydrogens is 306 g/mol. The molecule has 1 aromatic rings. The molecule has 1 aromatic carbocycles. The van der Waals surface area contributed by atoms with Gasteiger partial charge in [0.15, 0.2) is 0 Å². The van der Waals surface area contributed by atoms with Gasteiger partial charge in [0, 0.05) is 19.1 Å². The van der Waals surface area contributed by atoms with Crippen molar-refractivity contribution in [3.8, 4) is 5.75 Å². The molecule has 1 saturated carbocycles. The Bertz CT molecular complexity index is 596. The Hall–Kier alpha value is -1.14. The van der Waals surface area contributed by atoms with Crippen molar-refractivity contribution in [1.29, 1.82) is 0 Å². The van der Waals surface area contributed by atoms with Gasteiger partial charge in [-0.1, -0.05) is 24.4 Å². The Kier molecular flexibility index (Phi) is 5.22. The molecule has 0 aromatic heterocycles. The summed E-state index contributed by atoms with van der Waals surface area (Å²) in [6.07, 6.45) is 4.97. The van der Waals surface area contributed by atoms with E-state index in [0.717, 1.165) is 30.6 Å². The van der Waals surface area contributed by atoms with Crippen LogP contribution in [0.15, 0.2) is 24.3 Å². The fourth-order valence-corrected chi connectivity index (χ4v) is 4.00. The zero-order valence-corrected chi connectivity index (χ0v) is 13.8. The van der Waals surface area contributed by atoms with E-state index in [4.69, 9.17) is 22.7 Å². The first-order chi connectivity index (χ1) is 9.84. The summed E-state index contributed by atoms with van der Waals surface area (Å²) in [6, 6.07) is 7.64. The minimum Gasteiger partial charge on any atom is -0.490 e. The second-order valence-electron chi connectivity index (χ2n) is 5.65. The van der Waals surface area contributed by atoms with Crippen molar-refractivity contribution in [1.82, 2.24) is 0 Å². The van der Waals surface area contributed by atoms with Gasteiger partial charge in [0.1, 0.15) is 15.6 Å². The van der Waals surface area contributed by atoms with Crippen molar-refractivity contribution in [2.24, 2.45) is 5.73 Å². The Morgan fingerprint density at radius 2 is 2.00 bits per heavy atom. The van der Waals surface area contributed by atoms with E-state index in [1.54, 1.807) is 0 Å². The average molecular weight is 327 g/mol. The number of ether oxygens (including phenoxy) is 1. The van der Waals surface area contributed by atoms with Gasteiger partial charge in [0.05, 0.1) is 16.3 Å². The molecule has 0 heterocycles. The molecule has 21 heavy (non-hydrogen) atoms. The molecule has 0 saturated heterocycles. The summed E-state index contributed by atoms with van der Waals surface area (Å²) in [7, 11) is -2.98. The van der Waals surface area contributed by atoms with Crippen LogP contribution in [-0.4, -0.2) is 31.0 Å². The summed E-state index contributed by atoms with van der Waals surface area (Å²) in [5.41, 5.74) is 6.56. The molecule has 2 unspecified atom stereocenters. The molecule has 1 fully saturated rings. The normalized spacial score (nSPS) is 22.7. The Labute approximate surface area is 131 Å². The van der Waals surface area contributed by atoms with Gasteiger partial charge in [0.2, 0.25) is 0 Å². The Balaban J connectivity index is 1.96. The maximum atomic E-state index is 11.7. The number of thiocarbonyl (C=S) groups is 1. The van der Waals surface area contributed by atoms with Gasteiger partial charge in [-0.2, -0.15) is 0 Å². The molecule has 0 aliphatic heterocycles. The van der Waals surface area contributed by atoms with Crippen LogP contribution < -0.4 is 10.5 Å². The summed E-state index contributed by atoms with van der Waals surface area (Å²) < 4.78 is 29.2. The molecule has 1 aliphatic carbocycles. The van der Waals surface area contributed by atoms with Crippen LogP contribution >= 0.6 is 12.2 Å². The zero-order valence-electron chi connectivity index (χ0n) is 12.1. The summed E-state index contributed by atoms with van der Waals surface area (Å²) in [6.45, 7) is 0. The molecule has 116 valence electrons. The smallest absolute Gasteiger partial charge is 0.150 e. The van der Waals surface area contributed by atoms with E-state index < -0.39 is 9.84 Å². The van der Waals surface area contributed by atoms with Gasteiger partial charge in [-0.25, -0.2) is 8.42 Å². The van der Waals surface area contributed by atoms with E-state index in [1.165, 1.54) is 6.26 Å². The second kappa shape index (κ2) is 6.75. The third-order valence-corrected chi connectivity index (χ3v) is 5.57. The van der Waals surface area contributed by atoms with Crippen LogP contribution in [0, 0.1) is 0 Å². The van der Waals surface area contributed by atoms with Crippen molar-refractivity contribution in [2.45, 2.75) is 43.5 Å². The maximum absolute atomic E-state index is 11.7. The van der Waals surface area contributed by atoms with E-state index in [1.807, 2.05) is 24.3 Å². The van der Waals surface area contributed by atoms with E-state index in [-0.39, 0.29) is 11.4 Å². The molecule has 0 spiro atoms. The second-order valence-corrected chi connectivity index (χ2v) is 8.50. The molecule has 4 nitrogen and oxygen atoms in total. The monoisotopic (exact) mass is 327 g/mol. The molecule has 0 radical (unpaired) electrons. The van der Waals surface area contributed by atoms with E-state index in [9.17, 15) is 8.42 Å². The van der Waals surface area contributed by atoms with Crippen LogP contribution in [0.4, 0.5) is 0 Å². The molecular formula is C15H21NO3S2. The van der Waals surface area contributed by atoms with Gasteiger partial charge in [-0.3, -0.25) is 0 Å². The van der Waals surface area contributed by atoms with Crippen molar-refractivity contribution >= 4 is 27.0 Å². The van der Waals surface area contributed by atoms with E-state index >= 15 is 0 Å². The van der Waals surface area contributed by atoms with Gasteiger partial charge in [-0.15, -0.1) is 0 Å². The van der Waals surface area contributed by atoms with Crippen LogP contribution in [0.1, 0.15) is 31.2 Å². The molecule has 0 amide bonds. The van der Waals surface area contributed by atoms with Crippen molar-refractivity contribution in [3.63, 3.8) is 0 Å². The summed E-state index contributed by atoms with van der Waals surface area (Å²) in [4.78, 5) is 0.465. The van der Waals surface area contributed by atoms with E-state index in [2.05, 4.69) is 0 Å². The first-order valence-electron chi connectivity index (χ1n) is 7.07. The number of sulfone groups is 1. The number of rotatable bonds is 5. The van der Waals surface area contributed by atoms with Crippen LogP contribution in [-0.2, 0) is 16.3 Å². The fourth-order valence-electron chi connectivity index (χ4n) is 2.68. The third-order valence-electron chi connectivity index (χ3n) is 3.79. The molecule has 6 heteroatoms.